The topological polar surface area (TPSA) is 12.5 Å². The molecule has 0 aliphatic carbocycles. The molecule has 0 atom stereocenters. The first kappa shape index (κ1) is 12.5. The molecule has 0 spiro atoms. The lowest BCUT2D eigenvalue weighted by molar-refractivity contribution is 0.122. The number of morpholine rings is 1. The number of hydrogen-bond donors (Lipinski definition) is 0. The maximum Gasteiger partial charge on any atom is 0.114 e. The normalized spacial score (nSPS) is 16.4. The van der Waals surface area contributed by atoms with E-state index in [0.29, 0.717) is 0 Å². The Balaban J connectivity index is 2.52. The minimum atomic E-state index is 0.821. The van der Waals surface area contributed by atoms with Gasteiger partial charge in [-0.15, -0.1) is 0 Å². The van der Waals surface area contributed by atoms with Gasteiger partial charge in [0.25, 0.3) is 0 Å². The van der Waals surface area contributed by atoms with Crippen molar-refractivity contribution in [3.8, 4) is 0 Å². The van der Waals surface area contributed by atoms with Crippen LogP contribution >= 0.6 is 0 Å². The summed E-state index contributed by atoms with van der Waals surface area (Å²) in [5.74, 6) is 0. The Morgan fingerprint density at radius 2 is 1.35 bits per heavy atom. The fourth-order valence-electron chi connectivity index (χ4n) is 2.58. The van der Waals surface area contributed by atoms with Crippen LogP contribution < -0.4 is 10.4 Å². The van der Waals surface area contributed by atoms with Crippen LogP contribution in [-0.2, 0) is 4.74 Å². The van der Waals surface area contributed by atoms with Crippen molar-refractivity contribution in [2.75, 3.05) is 31.2 Å². The third kappa shape index (κ3) is 2.08. The van der Waals surface area contributed by atoms with Gasteiger partial charge in [-0.1, -0.05) is 16.6 Å². The zero-order chi connectivity index (χ0) is 12.6. The molecule has 1 saturated heterocycles. The standard InChI is InChI=1S/C14H20BNO/c1-9-11(3)14(12(4)10(2)13(9)15)16-5-7-17-8-6-16/h5-8H2,1-4H3. The van der Waals surface area contributed by atoms with Crippen LogP contribution in [0, 0.1) is 27.7 Å². The maximum atomic E-state index is 6.14. The van der Waals surface area contributed by atoms with Crippen LogP contribution in [0.1, 0.15) is 22.3 Å². The molecule has 2 rings (SSSR count). The van der Waals surface area contributed by atoms with Crippen molar-refractivity contribution in [2.24, 2.45) is 0 Å². The van der Waals surface area contributed by atoms with Gasteiger partial charge in [0.1, 0.15) is 7.85 Å². The molecule has 90 valence electrons. The summed E-state index contributed by atoms with van der Waals surface area (Å²) < 4.78 is 5.42. The predicted octanol–water partition coefficient (Wildman–Crippen LogP) is 1.55. The second-order valence-electron chi connectivity index (χ2n) is 4.86. The van der Waals surface area contributed by atoms with Crippen LogP contribution in [0.15, 0.2) is 0 Å². The number of anilines is 1. The molecular weight excluding hydrogens is 209 g/mol. The van der Waals surface area contributed by atoms with Crippen LogP contribution in [0.4, 0.5) is 5.69 Å². The first-order valence-corrected chi connectivity index (χ1v) is 6.22. The lowest BCUT2D eigenvalue weighted by atomic mass is 9.81. The van der Waals surface area contributed by atoms with E-state index in [9.17, 15) is 0 Å². The third-order valence-corrected chi connectivity index (χ3v) is 3.97. The van der Waals surface area contributed by atoms with Gasteiger partial charge in [-0.3, -0.25) is 0 Å². The summed E-state index contributed by atoms with van der Waals surface area (Å²) in [7, 11) is 6.14. The highest BCUT2D eigenvalue weighted by Crippen LogP contribution is 2.29. The molecular formula is C14H20BNO. The zero-order valence-electron chi connectivity index (χ0n) is 11.3. The smallest absolute Gasteiger partial charge is 0.114 e. The molecule has 1 fully saturated rings. The Kier molecular flexibility index (Phi) is 3.48. The summed E-state index contributed by atoms with van der Waals surface area (Å²) in [6.45, 7) is 12.2. The van der Waals surface area contributed by atoms with Gasteiger partial charge in [0.15, 0.2) is 0 Å². The van der Waals surface area contributed by atoms with Crippen molar-refractivity contribution >= 4 is 19.0 Å². The molecule has 3 heteroatoms. The van der Waals surface area contributed by atoms with E-state index in [0.717, 1.165) is 31.8 Å². The minimum absolute atomic E-state index is 0.821. The highest BCUT2D eigenvalue weighted by molar-refractivity contribution is 6.34. The monoisotopic (exact) mass is 229 g/mol. The SMILES string of the molecule is [B]c1c(C)c(C)c(N2CCOCC2)c(C)c1C. The van der Waals surface area contributed by atoms with Crippen molar-refractivity contribution in [2.45, 2.75) is 27.7 Å². The van der Waals surface area contributed by atoms with E-state index in [1.54, 1.807) is 0 Å². The van der Waals surface area contributed by atoms with Crippen LogP contribution in [0.25, 0.3) is 0 Å². The van der Waals surface area contributed by atoms with Crippen LogP contribution in [0.2, 0.25) is 0 Å². The second-order valence-corrected chi connectivity index (χ2v) is 4.86. The molecule has 2 nitrogen and oxygen atoms in total. The molecule has 0 N–H and O–H groups in total. The molecule has 0 amide bonds. The second kappa shape index (κ2) is 4.73. The lowest BCUT2D eigenvalue weighted by Crippen LogP contribution is -2.38. The molecule has 0 aromatic heterocycles. The first-order chi connectivity index (χ1) is 8.04. The van der Waals surface area contributed by atoms with Crippen molar-refractivity contribution in [3.63, 3.8) is 0 Å². The van der Waals surface area contributed by atoms with Crippen molar-refractivity contribution in [1.82, 2.24) is 0 Å². The average Bonchev–Trinajstić information content (AvgIpc) is 2.36. The Morgan fingerprint density at radius 1 is 0.882 bits per heavy atom. The molecule has 0 unspecified atom stereocenters. The fraction of sp³-hybridized carbons (Fsp3) is 0.571. The van der Waals surface area contributed by atoms with E-state index in [4.69, 9.17) is 12.6 Å². The maximum absolute atomic E-state index is 6.14. The van der Waals surface area contributed by atoms with Gasteiger partial charge >= 0.3 is 0 Å². The molecule has 1 heterocycles. The molecule has 1 aromatic carbocycles. The average molecular weight is 229 g/mol. The largest absolute Gasteiger partial charge is 0.378 e. The van der Waals surface area contributed by atoms with Crippen molar-refractivity contribution < 1.29 is 4.74 Å². The molecule has 1 aliphatic rings. The van der Waals surface area contributed by atoms with Gasteiger partial charge in [-0.2, -0.15) is 0 Å². The van der Waals surface area contributed by atoms with Gasteiger partial charge in [0.2, 0.25) is 0 Å². The highest BCUT2D eigenvalue weighted by Gasteiger charge is 2.19. The van der Waals surface area contributed by atoms with Crippen LogP contribution in [-0.4, -0.2) is 34.1 Å². The van der Waals surface area contributed by atoms with Gasteiger partial charge in [-0.05, 0) is 38.8 Å². The predicted molar refractivity (Wildman–Crippen MR) is 73.8 cm³/mol. The van der Waals surface area contributed by atoms with E-state index in [-0.39, 0.29) is 0 Å². The number of hydrogen-bond acceptors (Lipinski definition) is 2. The summed E-state index contributed by atoms with van der Waals surface area (Å²) in [4.78, 5) is 2.42. The van der Waals surface area contributed by atoms with E-state index in [1.165, 1.54) is 27.9 Å². The molecule has 1 aliphatic heterocycles. The quantitative estimate of drug-likeness (QED) is 0.677. The lowest BCUT2D eigenvalue weighted by Gasteiger charge is -2.33. The number of benzene rings is 1. The van der Waals surface area contributed by atoms with Gasteiger partial charge in [-0.25, -0.2) is 0 Å². The Morgan fingerprint density at radius 3 is 1.82 bits per heavy atom. The van der Waals surface area contributed by atoms with E-state index in [1.807, 2.05) is 0 Å². The van der Waals surface area contributed by atoms with E-state index in [2.05, 4.69) is 32.6 Å². The number of rotatable bonds is 1. The Hall–Kier alpha value is -0.955. The van der Waals surface area contributed by atoms with Gasteiger partial charge in [0.05, 0.1) is 13.2 Å². The van der Waals surface area contributed by atoms with Gasteiger partial charge in [0, 0.05) is 18.8 Å². The molecule has 17 heavy (non-hydrogen) atoms. The summed E-state index contributed by atoms with van der Waals surface area (Å²) >= 11 is 0. The molecule has 2 radical (unpaired) electrons. The molecule has 0 bridgehead atoms. The molecule has 1 aromatic rings. The van der Waals surface area contributed by atoms with E-state index < -0.39 is 0 Å². The van der Waals surface area contributed by atoms with E-state index >= 15 is 0 Å². The molecule has 0 saturated carbocycles. The highest BCUT2D eigenvalue weighted by atomic mass is 16.5. The number of nitrogens with zero attached hydrogens (tertiary/aromatic N) is 1. The Labute approximate surface area is 105 Å². The third-order valence-electron chi connectivity index (χ3n) is 3.97. The van der Waals surface area contributed by atoms with Crippen molar-refractivity contribution in [1.29, 1.82) is 0 Å². The summed E-state index contributed by atoms with van der Waals surface area (Å²) in [6, 6.07) is 0. The first-order valence-electron chi connectivity index (χ1n) is 6.22. The number of ether oxygens (including phenoxy) is 1. The Bertz CT molecular complexity index is 407. The fourth-order valence-corrected chi connectivity index (χ4v) is 2.58. The zero-order valence-corrected chi connectivity index (χ0v) is 11.3. The summed E-state index contributed by atoms with van der Waals surface area (Å²) in [5.41, 5.74) is 7.36. The van der Waals surface area contributed by atoms with Gasteiger partial charge < -0.3 is 9.64 Å². The van der Waals surface area contributed by atoms with Crippen LogP contribution in [0.3, 0.4) is 0 Å². The van der Waals surface area contributed by atoms with Crippen LogP contribution in [0.5, 0.6) is 0 Å². The summed E-state index contributed by atoms with van der Waals surface area (Å²) in [6.07, 6.45) is 0. The van der Waals surface area contributed by atoms with Crippen molar-refractivity contribution in [3.05, 3.63) is 22.3 Å². The summed E-state index contributed by atoms with van der Waals surface area (Å²) in [5, 5.41) is 0. The minimum Gasteiger partial charge on any atom is -0.378 e.